The quantitative estimate of drug-likeness (QED) is 0.904. The molecular weight excluding hydrogens is 266 g/mol. The molecule has 1 fully saturated rings. The van der Waals surface area contributed by atoms with Crippen LogP contribution in [0.1, 0.15) is 6.42 Å². The summed E-state index contributed by atoms with van der Waals surface area (Å²) in [6, 6.07) is 17.2. The van der Waals surface area contributed by atoms with Crippen LogP contribution < -0.4 is 20.5 Å². The van der Waals surface area contributed by atoms with Crippen molar-refractivity contribution in [1.82, 2.24) is 5.43 Å². The van der Waals surface area contributed by atoms with E-state index in [9.17, 15) is 4.79 Å². The van der Waals surface area contributed by atoms with Crippen LogP contribution in [0.15, 0.2) is 54.6 Å². The molecule has 21 heavy (non-hydrogen) atoms. The number of anilines is 2. The van der Waals surface area contributed by atoms with Crippen molar-refractivity contribution in [1.29, 1.82) is 0 Å². The van der Waals surface area contributed by atoms with Crippen LogP contribution in [0.3, 0.4) is 0 Å². The molecule has 1 amide bonds. The Morgan fingerprint density at radius 3 is 2.52 bits per heavy atom. The first-order chi connectivity index (χ1) is 10.3. The number of hydrogen-bond acceptors (Lipinski definition) is 4. The van der Waals surface area contributed by atoms with E-state index in [1.54, 1.807) is 12.1 Å². The summed E-state index contributed by atoms with van der Waals surface area (Å²) in [7, 11) is 1.64. The Kier molecular flexibility index (Phi) is 3.75. The second-order valence-corrected chi connectivity index (χ2v) is 4.82. The Labute approximate surface area is 123 Å². The normalized spacial score (nSPS) is 17.9. The van der Waals surface area contributed by atoms with Crippen LogP contribution in [0.5, 0.6) is 5.75 Å². The maximum atomic E-state index is 12.1. The Balaban J connectivity index is 1.67. The van der Waals surface area contributed by atoms with Crippen LogP contribution in [-0.4, -0.2) is 19.2 Å². The fraction of sp³-hybridized carbons (Fsp3) is 0.188. The molecule has 0 aliphatic carbocycles. The van der Waals surface area contributed by atoms with Gasteiger partial charge < -0.3 is 10.1 Å². The number of ether oxygens (including phenoxy) is 1. The molecule has 2 N–H and O–H groups in total. The van der Waals surface area contributed by atoms with Crippen molar-refractivity contribution in [2.75, 3.05) is 17.4 Å². The minimum atomic E-state index is -0.119. The molecule has 5 heteroatoms. The lowest BCUT2D eigenvalue weighted by molar-refractivity contribution is -0.117. The second kappa shape index (κ2) is 5.85. The molecular formula is C16H17N3O2. The molecule has 1 unspecified atom stereocenters. The summed E-state index contributed by atoms with van der Waals surface area (Å²) in [5, 5.41) is 4.88. The van der Waals surface area contributed by atoms with Gasteiger partial charge in [0.2, 0.25) is 5.91 Å². The molecule has 1 aliphatic heterocycles. The summed E-state index contributed by atoms with van der Waals surface area (Å²) < 4.78 is 5.13. The molecule has 2 aromatic rings. The van der Waals surface area contributed by atoms with Gasteiger partial charge in [-0.3, -0.25) is 4.79 Å². The molecule has 0 radical (unpaired) electrons. The summed E-state index contributed by atoms with van der Waals surface area (Å²) in [5.41, 5.74) is 4.96. The topological polar surface area (TPSA) is 53.6 Å². The van der Waals surface area contributed by atoms with Gasteiger partial charge in [0.05, 0.1) is 19.2 Å². The fourth-order valence-corrected chi connectivity index (χ4v) is 2.31. The Bertz CT molecular complexity index is 613. The molecule has 2 aromatic carbocycles. The van der Waals surface area contributed by atoms with E-state index < -0.39 is 0 Å². The second-order valence-electron chi connectivity index (χ2n) is 4.82. The third-order valence-electron chi connectivity index (χ3n) is 3.36. The SMILES string of the molecule is COc1ccc(NC2CC(=O)N(c3ccccc3)N2)cc1. The molecule has 0 spiro atoms. The molecule has 1 aliphatic rings. The molecule has 1 heterocycles. The van der Waals surface area contributed by atoms with Gasteiger partial charge in [0, 0.05) is 5.69 Å². The van der Waals surface area contributed by atoms with Crippen molar-refractivity contribution in [3.8, 4) is 5.75 Å². The largest absolute Gasteiger partial charge is 0.497 e. The predicted molar refractivity (Wildman–Crippen MR) is 82.1 cm³/mol. The Morgan fingerprint density at radius 2 is 1.86 bits per heavy atom. The van der Waals surface area contributed by atoms with Crippen LogP contribution in [0.25, 0.3) is 0 Å². The lowest BCUT2D eigenvalue weighted by Gasteiger charge is -2.19. The zero-order valence-corrected chi connectivity index (χ0v) is 11.7. The predicted octanol–water partition coefficient (Wildman–Crippen LogP) is 2.37. The Hall–Kier alpha value is -2.53. The van der Waals surface area contributed by atoms with E-state index in [1.165, 1.54) is 0 Å². The number of para-hydroxylation sites is 1. The van der Waals surface area contributed by atoms with E-state index in [0.29, 0.717) is 6.42 Å². The smallest absolute Gasteiger partial charge is 0.244 e. The average molecular weight is 283 g/mol. The number of benzene rings is 2. The molecule has 5 nitrogen and oxygen atoms in total. The van der Waals surface area contributed by atoms with E-state index >= 15 is 0 Å². The number of rotatable bonds is 4. The molecule has 0 aromatic heterocycles. The lowest BCUT2D eigenvalue weighted by atomic mass is 10.2. The molecule has 1 saturated heterocycles. The lowest BCUT2D eigenvalue weighted by Crippen LogP contribution is -2.40. The van der Waals surface area contributed by atoms with E-state index in [-0.39, 0.29) is 12.1 Å². The monoisotopic (exact) mass is 283 g/mol. The van der Waals surface area contributed by atoms with Crippen molar-refractivity contribution in [3.63, 3.8) is 0 Å². The molecule has 108 valence electrons. The summed E-state index contributed by atoms with van der Waals surface area (Å²) in [5.74, 6) is 0.856. The zero-order chi connectivity index (χ0) is 14.7. The van der Waals surface area contributed by atoms with Gasteiger partial charge in [-0.2, -0.15) is 0 Å². The first-order valence-corrected chi connectivity index (χ1v) is 6.81. The van der Waals surface area contributed by atoms with Crippen molar-refractivity contribution >= 4 is 17.3 Å². The highest BCUT2D eigenvalue weighted by atomic mass is 16.5. The van der Waals surface area contributed by atoms with Gasteiger partial charge in [-0.15, -0.1) is 0 Å². The van der Waals surface area contributed by atoms with Crippen LogP contribution >= 0.6 is 0 Å². The van der Waals surface area contributed by atoms with E-state index in [2.05, 4.69) is 10.7 Å². The average Bonchev–Trinajstić information content (AvgIpc) is 2.89. The van der Waals surface area contributed by atoms with E-state index in [0.717, 1.165) is 17.1 Å². The molecule has 0 bridgehead atoms. The number of amides is 1. The van der Waals surface area contributed by atoms with Crippen LogP contribution in [0.2, 0.25) is 0 Å². The number of nitrogens with one attached hydrogen (secondary N) is 2. The summed E-state index contributed by atoms with van der Waals surface area (Å²) in [6.07, 6.45) is 0.284. The maximum absolute atomic E-state index is 12.1. The highest BCUT2D eigenvalue weighted by molar-refractivity contribution is 5.95. The van der Waals surface area contributed by atoms with Crippen LogP contribution in [-0.2, 0) is 4.79 Å². The maximum Gasteiger partial charge on any atom is 0.244 e. The van der Waals surface area contributed by atoms with Crippen molar-refractivity contribution in [2.45, 2.75) is 12.6 Å². The van der Waals surface area contributed by atoms with E-state index in [1.807, 2.05) is 54.6 Å². The van der Waals surface area contributed by atoms with Gasteiger partial charge in [-0.25, -0.2) is 10.4 Å². The third-order valence-corrected chi connectivity index (χ3v) is 3.36. The molecule has 1 atom stereocenters. The highest BCUT2D eigenvalue weighted by Gasteiger charge is 2.29. The van der Waals surface area contributed by atoms with Crippen LogP contribution in [0.4, 0.5) is 11.4 Å². The number of carbonyl (C=O) groups is 1. The third kappa shape index (κ3) is 2.98. The number of hydrazine groups is 1. The van der Waals surface area contributed by atoms with E-state index in [4.69, 9.17) is 4.74 Å². The summed E-state index contributed by atoms with van der Waals surface area (Å²) in [4.78, 5) is 12.1. The molecule has 0 saturated carbocycles. The van der Waals surface area contributed by atoms with Crippen molar-refractivity contribution < 1.29 is 9.53 Å². The standard InChI is InChI=1S/C16H17N3O2/c1-21-14-9-7-12(8-10-14)17-15-11-16(20)19(18-15)13-5-3-2-4-6-13/h2-10,15,17-18H,11H2,1H3. The van der Waals surface area contributed by atoms with Crippen molar-refractivity contribution in [3.05, 3.63) is 54.6 Å². The fourth-order valence-electron chi connectivity index (χ4n) is 2.31. The Morgan fingerprint density at radius 1 is 1.14 bits per heavy atom. The summed E-state index contributed by atoms with van der Waals surface area (Å²) >= 11 is 0. The van der Waals surface area contributed by atoms with Gasteiger partial charge in [-0.05, 0) is 36.4 Å². The number of methoxy groups -OCH3 is 1. The minimum absolute atomic E-state index is 0.0483. The van der Waals surface area contributed by atoms with Gasteiger partial charge in [0.25, 0.3) is 0 Å². The van der Waals surface area contributed by atoms with Gasteiger partial charge in [0.15, 0.2) is 0 Å². The zero-order valence-electron chi connectivity index (χ0n) is 11.7. The number of hydrogen-bond donors (Lipinski definition) is 2. The first-order valence-electron chi connectivity index (χ1n) is 6.81. The van der Waals surface area contributed by atoms with Crippen molar-refractivity contribution in [2.24, 2.45) is 0 Å². The molecule has 3 rings (SSSR count). The first kappa shape index (κ1) is 13.5. The number of nitrogens with zero attached hydrogens (tertiary/aromatic N) is 1. The summed E-state index contributed by atoms with van der Waals surface area (Å²) in [6.45, 7) is 0. The van der Waals surface area contributed by atoms with Gasteiger partial charge >= 0.3 is 0 Å². The van der Waals surface area contributed by atoms with Gasteiger partial charge in [0.1, 0.15) is 11.9 Å². The van der Waals surface area contributed by atoms with Crippen LogP contribution in [0, 0.1) is 0 Å². The van der Waals surface area contributed by atoms with Gasteiger partial charge in [-0.1, -0.05) is 18.2 Å². The number of carbonyl (C=O) groups excluding carboxylic acids is 1. The highest BCUT2D eigenvalue weighted by Crippen LogP contribution is 2.21. The minimum Gasteiger partial charge on any atom is -0.497 e.